The molecule has 0 spiro atoms. The normalized spacial score (nSPS) is 12.2. The van der Waals surface area contributed by atoms with Crippen LogP contribution in [-0.4, -0.2) is 18.4 Å². The number of ketones is 1. The number of Topliss-reactive ketones (excluding diaryl/α,β-unsaturated/α-hetero) is 1. The fourth-order valence-corrected chi connectivity index (χ4v) is 1.33. The SMILES string of the molecule is CC(C)COC(=O)C(C)C(=O)c1ccccc1. The summed E-state index contributed by atoms with van der Waals surface area (Å²) in [5.74, 6) is -1.11. The van der Waals surface area contributed by atoms with Gasteiger partial charge in [0.25, 0.3) is 0 Å². The minimum Gasteiger partial charge on any atom is -0.465 e. The summed E-state index contributed by atoms with van der Waals surface area (Å²) in [7, 11) is 0. The maximum absolute atomic E-state index is 11.9. The number of hydrogen-bond acceptors (Lipinski definition) is 3. The van der Waals surface area contributed by atoms with Gasteiger partial charge in [-0.2, -0.15) is 0 Å². The Morgan fingerprint density at radius 1 is 1.12 bits per heavy atom. The average molecular weight is 234 g/mol. The first-order valence-electron chi connectivity index (χ1n) is 5.78. The van der Waals surface area contributed by atoms with Crippen molar-refractivity contribution in [1.82, 2.24) is 0 Å². The van der Waals surface area contributed by atoms with Gasteiger partial charge in [-0.1, -0.05) is 44.2 Å². The highest BCUT2D eigenvalue weighted by molar-refractivity contribution is 6.08. The Morgan fingerprint density at radius 2 is 1.71 bits per heavy atom. The van der Waals surface area contributed by atoms with Gasteiger partial charge in [0, 0.05) is 5.56 Å². The first-order chi connectivity index (χ1) is 8.02. The molecule has 1 aromatic rings. The van der Waals surface area contributed by atoms with Crippen LogP contribution >= 0.6 is 0 Å². The second kappa shape index (κ2) is 6.18. The lowest BCUT2D eigenvalue weighted by Crippen LogP contribution is -2.24. The van der Waals surface area contributed by atoms with Gasteiger partial charge in [0.15, 0.2) is 5.78 Å². The molecule has 0 saturated heterocycles. The number of esters is 1. The molecule has 17 heavy (non-hydrogen) atoms. The molecule has 0 fully saturated rings. The third-order valence-corrected chi connectivity index (χ3v) is 2.36. The molecule has 0 aliphatic heterocycles. The summed E-state index contributed by atoms with van der Waals surface area (Å²) in [5.41, 5.74) is 0.543. The molecule has 1 atom stereocenters. The van der Waals surface area contributed by atoms with Crippen molar-refractivity contribution in [2.75, 3.05) is 6.61 Å². The highest BCUT2D eigenvalue weighted by Gasteiger charge is 2.24. The predicted molar refractivity (Wildman–Crippen MR) is 65.7 cm³/mol. The third kappa shape index (κ3) is 4.02. The lowest BCUT2D eigenvalue weighted by molar-refractivity contribution is -0.147. The van der Waals surface area contributed by atoms with Crippen LogP contribution in [0, 0.1) is 11.8 Å². The Morgan fingerprint density at radius 3 is 2.24 bits per heavy atom. The fourth-order valence-electron chi connectivity index (χ4n) is 1.33. The van der Waals surface area contributed by atoms with Gasteiger partial charge in [0.05, 0.1) is 6.61 Å². The maximum Gasteiger partial charge on any atom is 0.316 e. The summed E-state index contributed by atoms with van der Waals surface area (Å²) in [6.07, 6.45) is 0. The summed E-state index contributed by atoms with van der Waals surface area (Å²) in [6, 6.07) is 8.79. The van der Waals surface area contributed by atoms with Crippen molar-refractivity contribution in [3.63, 3.8) is 0 Å². The molecular weight excluding hydrogens is 216 g/mol. The van der Waals surface area contributed by atoms with E-state index in [2.05, 4.69) is 0 Å². The van der Waals surface area contributed by atoms with Crippen LogP contribution in [0.4, 0.5) is 0 Å². The Kier molecular flexibility index (Phi) is 4.88. The van der Waals surface area contributed by atoms with Crippen LogP contribution in [0.5, 0.6) is 0 Å². The zero-order chi connectivity index (χ0) is 12.8. The summed E-state index contributed by atoms with van der Waals surface area (Å²) < 4.78 is 5.05. The first-order valence-corrected chi connectivity index (χ1v) is 5.78. The largest absolute Gasteiger partial charge is 0.465 e. The van der Waals surface area contributed by atoms with Crippen molar-refractivity contribution >= 4 is 11.8 Å². The summed E-state index contributed by atoms with van der Waals surface area (Å²) in [5, 5.41) is 0. The average Bonchev–Trinajstić information content (AvgIpc) is 2.35. The molecule has 0 saturated carbocycles. The number of hydrogen-bond donors (Lipinski definition) is 0. The zero-order valence-corrected chi connectivity index (χ0v) is 10.5. The molecule has 0 aromatic heterocycles. The number of rotatable bonds is 5. The van der Waals surface area contributed by atoms with Gasteiger partial charge in [-0.05, 0) is 12.8 Å². The van der Waals surface area contributed by atoms with Crippen LogP contribution in [0.1, 0.15) is 31.1 Å². The zero-order valence-electron chi connectivity index (χ0n) is 10.5. The van der Waals surface area contributed by atoms with E-state index in [1.807, 2.05) is 19.9 Å². The molecule has 1 unspecified atom stereocenters. The molecule has 0 heterocycles. The van der Waals surface area contributed by atoms with Crippen LogP contribution in [0.2, 0.25) is 0 Å². The Labute approximate surface area is 102 Å². The van der Waals surface area contributed by atoms with Crippen molar-refractivity contribution in [3.8, 4) is 0 Å². The molecule has 0 amide bonds. The summed E-state index contributed by atoms with van der Waals surface area (Å²) in [6.45, 7) is 5.84. The molecule has 3 heteroatoms. The van der Waals surface area contributed by atoms with E-state index in [9.17, 15) is 9.59 Å². The minimum atomic E-state index is -0.740. The van der Waals surface area contributed by atoms with E-state index in [4.69, 9.17) is 4.74 Å². The Balaban J connectivity index is 2.61. The number of ether oxygens (including phenoxy) is 1. The summed E-state index contributed by atoms with van der Waals surface area (Å²) in [4.78, 5) is 23.5. The van der Waals surface area contributed by atoms with Crippen molar-refractivity contribution in [1.29, 1.82) is 0 Å². The standard InChI is InChI=1S/C14H18O3/c1-10(2)9-17-14(16)11(3)13(15)12-7-5-4-6-8-12/h4-8,10-11H,9H2,1-3H3. The molecule has 3 nitrogen and oxygen atoms in total. The van der Waals surface area contributed by atoms with E-state index in [-0.39, 0.29) is 11.7 Å². The second-order valence-electron chi connectivity index (χ2n) is 4.48. The van der Waals surface area contributed by atoms with Gasteiger partial charge in [-0.25, -0.2) is 0 Å². The topological polar surface area (TPSA) is 43.4 Å². The highest BCUT2D eigenvalue weighted by Crippen LogP contribution is 2.10. The number of carbonyl (C=O) groups excluding carboxylic acids is 2. The monoisotopic (exact) mass is 234 g/mol. The van der Waals surface area contributed by atoms with E-state index in [1.54, 1.807) is 31.2 Å². The Hall–Kier alpha value is -1.64. The smallest absolute Gasteiger partial charge is 0.316 e. The van der Waals surface area contributed by atoms with Gasteiger partial charge in [0.1, 0.15) is 5.92 Å². The van der Waals surface area contributed by atoms with Crippen LogP contribution in [0.25, 0.3) is 0 Å². The maximum atomic E-state index is 11.9. The summed E-state index contributed by atoms with van der Waals surface area (Å²) >= 11 is 0. The lowest BCUT2D eigenvalue weighted by Gasteiger charge is -2.12. The van der Waals surface area contributed by atoms with Gasteiger partial charge >= 0.3 is 5.97 Å². The van der Waals surface area contributed by atoms with E-state index >= 15 is 0 Å². The molecule has 0 N–H and O–H groups in total. The molecule has 0 bridgehead atoms. The first kappa shape index (κ1) is 13.4. The minimum absolute atomic E-state index is 0.195. The van der Waals surface area contributed by atoms with Crippen molar-refractivity contribution < 1.29 is 14.3 Å². The highest BCUT2D eigenvalue weighted by atomic mass is 16.5. The van der Waals surface area contributed by atoms with Crippen molar-refractivity contribution in [2.45, 2.75) is 20.8 Å². The van der Waals surface area contributed by atoms with E-state index < -0.39 is 11.9 Å². The van der Waals surface area contributed by atoms with E-state index in [0.717, 1.165) is 0 Å². The molecule has 0 aliphatic carbocycles. The second-order valence-corrected chi connectivity index (χ2v) is 4.48. The van der Waals surface area contributed by atoms with E-state index in [1.165, 1.54) is 0 Å². The molecule has 0 radical (unpaired) electrons. The van der Waals surface area contributed by atoms with E-state index in [0.29, 0.717) is 12.2 Å². The molecule has 1 aromatic carbocycles. The molecule has 1 rings (SSSR count). The van der Waals surface area contributed by atoms with Gasteiger partial charge in [-0.3, -0.25) is 9.59 Å². The Bertz CT molecular complexity index is 382. The van der Waals surface area contributed by atoms with Crippen LogP contribution in [0.15, 0.2) is 30.3 Å². The van der Waals surface area contributed by atoms with Crippen LogP contribution in [0.3, 0.4) is 0 Å². The number of benzene rings is 1. The van der Waals surface area contributed by atoms with Crippen molar-refractivity contribution in [3.05, 3.63) is 35.9 Å². The fraction of sp³-hybridized carbons (Fsp3) is 0.429. The number of carbonyl (C=O) groups is 2. The molecule has 92 valence electrons. The molecular formula is C14H18O3. The lowest BCUT2D eigenvalue weighted by atomic mass is 10.00. The van der Waals surface area contributed by atoms with Crippen LogP contribution < -0.4 is 0 Å². The molecule has 0 aliphatic rings. The third-order valence-electron chi connectivity index (χ3n) is 2.36. The van der Waals surface area contributed by atoms with Crippen molar-refractivity contribution in [2.24, 2.45) is 11.8 Å². The van der Waals surface area contributed by atoms with Gasteiger partial charge in [-0.15, -0.1) is 0 Å². The predicted octanol–water partition coefficient (Wildman–Crippen LogP) is 2.70. The quantitative estimate of drug-likeness (QED) is 0.447. The van der Waals surface area contributed by atoms with Crippen LogP contribution in [-0.2, 0) is 9.53 Å². The van der Waals surface area contributed by atoms with Gasteiger partial charge in [0.2, 0.25) is 0 Å². The van der Waals surface area contributed by atoms with Gasteiger partial charge < -0.3 is 4.74 Å².